The maximum absolute atomic E-state index is 13.5. The van der Waals surface area contributed by atoms with Crippen molar-refractivity contribution in [2.45, 2.75) is 18.9 Å². The normalized spacial score (nSPS) is 12.5. The number of para-hydroxylation sites is 2. The zero-order chi connectivity index (χ0) is 28.6. The third-order valence-electron chi connectivity index (χ3n) is 7.05. The van der Waals surface area contributed by atoms with Crippen molar-refractivity contribution in [1.29, 1.82) is 0 Å². The second-order valence-corrected chi connectivity index (χ2v) is 10.2. The van der Waals surface area contributed by atoms with Crippen LogP contribution in [0.25, 0.3) is 22.2 Å². The summed E-state index contributed by atoms with van der Waals surface area (Å²) in [6, 6.07) is 22.0. The van der Waals surface area contributed by atoms with Crippen LogP contribution in [0, 0.1) is 5.92 Å². The van der Waals surface area contributed by atoms with E-state index in [0.29, 0.717) is 12.2 Å². The molecule has 0 saturated carbocycles. The number of aromatic amines is 1. The first-order valence-electron chi connectivity index (χ1n) is 13.3. The molecule has 0 spiro atoms. The third-order valence-corrected chi connectivity index (χ3v) is 7.56. The number of Topliss-reactive ketones (excluding diaryl/α,β-unsaturated/α-hetero) is 1. The number of carbonyl (C=O) groups excluding carboxylic acids is 2. The van der Waals surface area contributed by atoms with Crippen LogP contribution in [0.15, 0.2) is 84.4 Å². The van der Waals surface area contributed by atoms with Crippen molar-refractivity contribution in [2.24, 2.45) is 11.7 Å². The Bertz CT molecular complexity index is 1600. The van der Waals surface area contributed by atoms with Crippen molar-refractivity contribution < 1.29 is 19.1 Å². The SMILES string of the molecule is COc1ccccc1CCC(=O)NCC(C(=O)COc1ccc(-c2csnn2)cc1)C(N)c1c[nH]c2ccccc12. The number of aryl methyl sites for hydroxylation is 1. The minimum Gasteiger partial charge on any atom is -0.496 e. The van der Waals surface area contributed by atoms with E-state index in [2.05, 4.69) is 19.9 Å². The minimum atomic E-state index is -0.704. The maximum atomic E-state index is 13.5. The van der Waals surface area contributed by atoms with E-state index >= 15 is 0 Å². The summed E-state index contributed by atoms with van der Waals surface area (Å²) >= 11 is 1.28. The second kappa shape index (κ2) is 13.2. The Hall–Kier alpha value is -4.54. The number of fused-ring (bicyclic) bond motifs is 1. The predicted octanol–water partition coefficient (Wildman–Crippen LogP) is 4.71. The average molecular weight is 570 g/mol. The number of nitrogens with two attached hydrogens (primary N) is 1. The van der Waals surface area contributed by atoms with Crippen LogP contribution in [0.4, 0.5) is 0 Å². The predicted molar refractivity (Wildman–Crippen MR) is 159 cm³/mol. The highest BCUT2D eigenvalue weighted by Gasteiger charge is 2.29. The lowest BCUT2D eigenvalue weighted by Gasteiger charge is -2.23. The number of hydrogen-bond donors (Lipinski definition) is 3. The molecule has 0 saturated heterocycles. The zero-order valence-electron chi connectivity index (χ0n) is 22.6. The number of carbonyl (C=O) groups is 2. The van der Waals surface area contributed by atoms with Gasteiger partial charge in [0.1, 0.15) is 23.8 Å². The Labute approximate surface area is 241 Å². The number of ether oxygens (including phenoxy) is 2. The zero-order valence-corrected chi connectivity index (χ0v) is 23.4. The number of nitrogens with one attached hydrogen (secondary N) is 2. The van der Waals surface area contributed by atoms with E-state index in [1.54, 1.807) is 19.2 Å². The first-order valence-corrected chi connectivity index (χ1v) is 14.1. The van der Waals surface area contributed by atoms with Gasteiger partial charge in [0.2, 0.25) is 5.91 Å². The molecule has 210 valence electrons. The summed E-state index contributed by atoms with van der Waals surface area (Å²) in [5.74, 6) is 0.201. The fourth-order valence-corrected chi connectivity index (χ4v) is 5.24. The molecule has 3 aromatic carbocycles. The quantitative estimate of drug-likeness (QED) is 0.187. The van der Waals surface area contributed by atoms with Crippen molar-refractivity contribution in [3.05, 3.63) is 95.5 Å². The Morgan fingerprint density at radius 2 is 1.83 bits per heavy atom. The van der Waals surface area contributed by atoms with Crippen molar-refractivity contribution >= 4 is 34.1 Å². The molecule has 4 N–H and O–H groups in total. The van der Waals surface area contributed by atoms with Gasteiger partial charge in [-0.1, -0.05) is 40.9 Å². The van der Waals surface area contributed by atoms with Gasteiger partial charge in [-0.25, -0.2) is 0 Å². The van der Waals surface area contributed by atoms with Gasteiger partial charge in [-0.15, -0.1) is 5.10 Å². The smallest absolute Gasteiger partial charge is 0.220 e. The number of aromatic nitrogens is 3. The Balaban J connectivity index is 1.26. The summed E-state index contributed by atoms with van der Waals surface area (Å²) in [6.07, 6.45) is 2.59. The van der Waals surface area contributed by atoms with Crippen LogP contribution < -0.4 is 20.5 Å². The lowest BCUT2D eigenvalue weighted by molar-refractivity contribution is -0.126. The second-order valence-electron chi connectivity index (χ2n) is 9.61. The molecule has 2 aromatic heterocycles. The molecule has 1 amide bonds. The number of amides is 1. The summed E-state index contributed by atoms with van der Waals surface area (Å²) in [7, 11) is 1.61. The Morgan fingerprint density at radius 1 is 1.05 bits per heavy atom. The topological polar surface area (TPSA) is 132 Å². The molecular formula is C31H31N5O4S. The van der Waals surface area contributed by atoms with E-state index in [-0.39, 0.29) is 31.3 Å². The number of nitrogens with zero attached hydrogens (tertiary/aromatic N) is 2. The van der Waals surface area contributed by atoms with Gasteiger partial charge in [-0.05, 0) is 65.5 Å². The monoisotopic (exact) mass is 569 g/mol. The van der Waals surface area contributed by atoms with Crippen molar-refractivity contribution in [3.63, 3.8) is 0 Å². The molecule has 2 heterocycles. The van der Waals surface area contributed by atoms with Gasteiger partial charge in [-0.2, -0.15) is 0 Å². The third kappa shape index (κ3) is 6.79. The number of ketones is 1. The highest BCUT2D eigenvalue weighted by Crippen LogP contribution is 2.28. The molecule has 10 heteroatoms. The molecule has 2 unspecified atom stereocenters. The van der Waals surface area contributed by atoms with E-state index in [4.69, 9.17) is 15.2 Å². The van der Waals surface area contributed by atoms with E-state index in [1.165, 1.54) is 11.5 Å². The highest BCUT2D eigenvalue weighted by atomic mass is 32.1. The molecule has 5 rings (SSSR count). The van der Waals surface area contributed by atoms with E-state index in [9.17, 15) is 9.59 Å². The van der Waals surface area contributed by atoms with Gasteiger partial charge >= 0.3 is 0 Å². The Morgan fingerprint density at radius 3 is 2.61 bits per heavy atom. The van der Waals surface area contributed by atoms with Crippen LogP contribution in [0.5, 0.6) is 11.5 Å². The summed E-state index contributed by atoms with van der Waals surface area (Å²) in [5, 5.41) is 9.79. The fourth-order valence-electron chi connectivity index (χ4n) is 4.77. The summed E-state index contributed by atoms with van der Waals surface area (Å²) in [4.78, 5) is 29.6. The first-order chi connectivity index (χ1) is 20.0. The van der Waals surface area contributed by atoms with Crippen LogP contribution in [-0.4, -0.2) is 46.5 Å². The molecule has 0 bridgehead atoms. The fraction of sp³-hybridized carbons (Fsp3) is 0.226. The van der Waals surface area contributed by atoms with Crippen molar-refractivity contribution in [2.75, 3.05) is 20.3 Å². The number of rotatable bonds is 13. The number of hydrogen-bond acceptors (Lipinski definition) is 8. The minimum absolute atomic E-state index is 0.0867. The first kappa shape index (κ1) is 28.0. The molecule has 0 aliphatic heterocycles. The summed E-state index contributed by atoms with van der Waals surface area (Å²) < 4.78 is 15.1. The summed E-state index contributed by atoms with van der Waals surface area (Å²) in [6.45, 7) is -0.0984. The average Bonchev–Trinajstić information content (AvgIpc) is 3.70. The van der Waals surface area contributed by atoms with Gasteiger partial charge in [0, 0.05) is 47.1 Å². The van der Waals surface area contributed by atoms with E-state index < -0.39 is 12.0 Å². The molecular weight excluding hydrogens is 538 g/mol. The van der Waals surface area contributed by atoms with Crippen LogP contribution in [0.2, 0.25) is 0 Å². The maximum Gasteiger partial charge on any atom is 0.220 e. The van der Waals surface area contributed by atoms with Gasteiger partial charge in [-0.3, -0.25) is 9.59 Å². The van der Waals surface area contributed by atoms with Crippen molar-refractivity contribution in [1.82, 2.24) is 19.9 Å². The molecule has 0 fully saturated rings. The molecule has 9 nitrogen and oxygen atoms in total. The molecule has 41 heavy (non-hydrogen) atoms. The summed E-state index contributed by atoms with van der Waals surface area (Å²) in [5.41, 5.74) is 11.1. The van der Waals surface area contributed by atoms with Gasteiger partial charge in [0.15, 0.2) is 5.78 Å². The molecule has 0 radical (unpaired) electrons. The lowest BCUT2D eigenvalue weighted by Crippen LogP contribution is -2.40. The standard InChI is InChI=1S/C31H31N5O4S/c1-39-29-9-5-2-6-21(29)12-15-30(38)34-17-25(31(32)24-16-33-26-8-4-3-7-23(24)26)28(37)18-40-22-13-10-20(11-14-22)27-19-41-36-35-27/h2-11,13-14,16,19,25,31,33H,12,15,17-18,32H2,1H3,(H,34,38). The Kier molecular flexibility index (Phi) is 9.02. The van der Waals surface area contributed by atoms with Crippen LogP contribution in [0.1, 0.15) is 23.6 Å². The van der Waals surface area contributed by atoms with Crippen LogP contribution in [0.3, 0.4) is 0 Å². The van der Waals surface area contributed by atoms with Gasteiger partial charge in [0.05, 0.1) is 13.0 Å². The molecule has 2 atom stereocenters. The number of methoxy groups -OCH3 is 1. The lowest BCUT2D eigenvalue weighted by atomic mass is 9.90. The molecule has 5 aromatic rings. The largest absolute Gasteiger partial charge is 0.496 e. The molecule has 0 aliphatic rings. The van der Waals surface area contributed by atoms with E-state index in [0.717, 1.165) is 39.0 Å². The number of benzene rings is 3. The van der Waals surface area contributed by atoms with Gasteiger partial charge in [0.25, 0.3) is 0 Å². The van der Waals surface area contributed by atoms with Crippen LogP contribution in [-0.2, 0) is 16.0 Å². The number of H-pyrrole nitrogens is 1. The van der Waals surface area contributed by atoms with Crippen molar-refractivity contribution in [3.8, 4) is 22.8 Å². The highest BCUT2D eigenvalue weighted by molar-refractivity contribution is 7.03. The van der Waals surface area contributed by atoms with E-state index in [1.807, 2.05) is 72.2 Å². The van der Waals surface area contributed by atoms with Crippen LogP contribution >= 0.6 is 11.5 Å². The van der Waals surface area contributed by atoms with Gasteiger partial charge < -0.3 is 25.5 Å². The molecule has 0 aliphatic carbocycles.